The highest BCUT2D eigenvalue weighted by Gasteiger charge is 2.44. The van der Waals surface area contributed by atoms with Gasteiger partial charge in [-0.05, 0) is 12.1 Å². The normalized spacial score (nSPS) is 22.8. The first-order valence-electron chi connectivity index (χ1n) is 7.84. The molecule has 2 unspecified atom stereocenters. The first-order valence-corrected chi connectivity index (χ1v) is 7.84. The van der Waals surface area contributed by atoms with Crippen molar-refractivity contribution in [3.63, 3.8) is 0 Å². The van der Waals surface area contributed by atoms with Gasteiger partial charge in [0.1, 0.15) is 6.10 Å². The fourth-order valence-electron chi connectivity index (χ4n) is 2.71. The molecule has 1 aliphatic rings. The maximum Gasteiger partial charge on any atom is 0.269 e. The largest absolute Gasteiger partial charge is 0.375 e. The van der Waals surface area contributed by atoms with Crippen LogP contribution in [-0.4, -0.2) is 40.4 Å². The summed E-state index contributed by atoms with van der Waals surface area (Å²) in [6.07, 6.45) is 6.58. The molecule has 25 heavy (non-hydrogen) atoms. The van der Waals surface area contributed by atoms with E-state index in [9.17, 15) is 10.1 Å². The molecule has 2 atom stereocenters. The summed E-state index contributed by atoms with van der Waals surface area (Å²) in [5.41, 5.74) is 0.725. The van der Waals surface area contributed by atoms with Gasteiger partial charge in [0.05, 0.1) is 37.6 Å². The van der Waals surface area contributed by atoms with Crippen LogP contribution in [0, 0.1) is 10.1 Å². The van der Waals surface area contributed by atoms with E-state index in [1.165, 1.54) is 12.1 Å². The lowest BCUT2D eigenvalue weighted by atomic mass is 10.1. The van der Waals surface area contributed by atoms with E-state index >= 15 is 0 Å². The Hall–Kier alpha value is -2.55. The van der Waals surface area contributed by atoms with Gasteiger partial charge in [-0.1, -0.05) is 6.08 Å². The fraction of sp³-hybridized carbons (Fsp3) is 0.353. The third-order valence-electron chi connectivity index (χ3n) is 3.87. The van der Waals surface area contributed by atoms with Crippen molar-refractivity contribution in [2.75, 3.05) is 19.8 Å². The van der Waals surface area contributed by atoms with E-state index < -0.39 is 10.7 Å². The Morgan fingerprint density at radius 2 is 2.28 bits per heavy atom. The van der Waals surface area contributed by atoms with E-state index in [1.807, 2.05) is 4.57 Å². The minimum absolute atomic E-state index is 0.0189. The predicted molar refractivity (Wildman–Crippen MR) is 88.8 cm³/mol. The zero-order valence-corrected chi connectivity index (χ0v) is 13.6. The summed E-state index contributed by atoms with van der Waals surface area (Å²) < 4.78 is 19.4. The maximum atomic E-state index is 10.9. The summed E-state index contributed by atoms with van der Waals surface area (Å²) in [7, 11) is 0. The molecule has 8 heteroatoms. The van der Waals surface area contributed by atoms with Crippen LogP contribution in [0.15, 0.2) is 55.6 Å². The lowest BCUT2D eigenvalue weighted by molar-refractivity contribution is -0.384. The van der Waals surface area contributed by atoms with Crippen molar-refractivity contribution >= 4 is 5.69 Å². The lowest BCUT2D eigenvalue weighted by Crippen LogP contribution is -2.34. The SMILES string of the molecule is C=CCOCC1COC(Cn2ccnc2)(c2ccc([N+](=O)[O-])cc2)O1. The minimum Gasteiger partial charge on any atom is -0.375 e. The van der Waals surface area contributed by atoms with E-state index in [2.05, 4.69) is 11.6 Å². The average molecular weight is 345 g/mol. The third-order valence-corrected chi connectivity index (χ3v) is 3.87. The summed E-state index contributed by atoms with van der Waals surface area (Å²) in [5, 5.41) is 10.9. The van der Waals surface area contributed by atoms with E-state index in [0.29, 0.717) is 31.9 Å². The van der Waals surface area contributed by atoms with Crippen LogP contribution in [0.1, 0.15) is 5.56 Å². The Bertz CT molecular complexity index is 716. The van der Waals surface area contributed by atoms with Crippen molar-refractivity contribution < 1.29 is 19.1 Å². The van der Waals surface area contributed by atoms with Gasteiger partial charge in [0.15, 0.2) is 0 Å². The number of benzene rings is 1. The molecule has 0 bridgehead atoms. The van der Waals surface area contributed by atoms with Crippen LogP contribution in [0.2, 0.25) is 0 Å². The van der Waals surface area contributed by atoms with Crippen molar-refractivity contribution in [2.45, 2.75) is 18.4 Å². The Morgan fingerprint density at radius 1 is 1.48 bits per heavy atom. The number of hydrogen-bond acceptors (Lipinski definition) is 6. The molecular formula is C17H19N3O5. The predicted octanol–water partition coefficient (Wildman–Crippen LogP) is 2.26. The van der Waals surface area contributed by atoms with Gasteiger partial charge < -0.3 is 18.8 Å². The second kappa shape index (κ2) is 7.56. The van der Waals surface area contributed by atoms with Crippen LogP contribution in [-0.2, 0) is 26.5 Å². The summed E-state index contributed by atoms with van der Waals surface area (Å²) in [6.45, 7) is 5.17. The van der Waals surface area contributed by atoms with E-state index in [-0.39, 0.29) is 11.8 Å². The van der Waals surface area contributed by atoms with Crippen LogP contribution in [0.5, 0.6) is 0 Å². The molecule has 2 aromatic rings. The van der Waals surface area contributed by atoms with Crippen LogP contribution in [0.25, 0.3) is 0 Å². The molecule has 132 valence electrons. The summed E-state index contributed by atoms with van der Waals surface area (Å²) >= 11 is 0. The van der Waals surface area contributed by atoms with Gasteiger partial charge in [-0.2, -0.15) is 0 Å². The number of rotatable bonds is 8. The number of nitro groups is 1. The molecular weight excluding hydrogens is 326 g/mol. The van der Waals surface area contributed by atoms with Crippen LogP contribution in [0.3, 0.4) is 0 Å². The molecule has 0 radical (unpaired) electrons. The molecule has 1 saturated heterocycles. The fourth-order valence-corrected chi connectivity index (χ4v) is 2.71. The third kappa shape index (κ3) is 3.93. The van der Waals surface area contributed by atoms with Gasteiger partial charge in [0, 0.05) is 30.1 Å². The number of aromatic nitrogens is 2. The van der Waals surface area contributed by atoms with Gasteiger partial charge in [-0.3, -0.25) is 10.1 Å². The Labute approximate surface area is 144 Å². The van der Waals surface area contributed by atoms with E-state index in [4.69, 9.17) is 14.2 Å². The Balaban J connectivity index is 1.82. The molecule has 0 spiro atoms. The first-order chi connectivity index (χ1) is 12.1. The molecule has 1 aliphatic heterocycles. The van der Waals surface area contributed by atoms with Gasteiger partial charge >= 0.3 is 0 Å². The van der Waals surface area contributed by atoms with Crippen LogP contribution in [0.4, 0.5) is 5.69 Å². The van der Waals surface area contributed by atoms with Crippen molar-refractivity contribution in [1.82, 2.24) is 9.55 Å². The minimum atomic E-state index is -1.04. The zero-order valence-electron chi connectivity index (χ0n) is 13.6. The van der Waals surface area contributed by atoms with Crippen LogP contribution >= 0.6 is 0 Å². The topological polar surface area (TPSA) is 88.7 Å². The Kier molecular flexibility index (Phi) is 5.22. The molecule has 8 nitrogen and oxygen atoms in total. The average Bonchev–Trinajstić information content (AvgIpc) is 3.26. The smallest absolute Gasteiger partial charge is 0.269 e. The molecule has 0 amide bonds. The quantitative estimate of drug-likeness (QED) is 0.316. The van der Waals surface area contributed by atoms with Crippen LogP contribution < -0.4 is 0 Å². The number of non-ortho nitro benzene ring substituents is 1. The molecule has 0 saturated carbocycles. The molecule has 3 rings (SSSR count). The molecule has 1 aromatic heterocycles. The lowest BCUT2D eigenvalue weighted by Gasteiger charge is -2.29. The zero-order chi connectivity index (χ0) is 17.7. The molecule has 1 aromatic carbocycles. The maximum absolute atomic E-state index is 10.9. The molecule has 0 aliphatic carbocycles. The van der Waals surface area contributed by atoms with Gasteiger partial charge in [-0.15, -0.1) is 6.58 Å². The summed E-state index contributed by atoms with van der Waals surface area (Å²) in [4.78, 5) is 14.5. The van der Waals surface area contributed by atoms with Gasteiger partial charge in [0.2, 0.25) is 5.79 Å². The Morgan fingerprint density at radius 3 is 2.92 bits per heavy atom. The number of nitrogens with zero attached hydrogens (tertiary/aromatic N) is 3. The standard InChI is InChI=1S/C17H19N3O5/c1-2-9-23-10-16-11-24-17(25-16,12-19-8-7-18-13-19)14-3-5-15(6-4-14)20(21)22/h2-8,13,16H,1,9-12H2. The number of imidazole rings is 1. The molecule has 0 N–H and O–H groups in total. The van der Waals surface area contributed by atoms with Gasteiger partial charge in [0.25, 0.3) is 5.69 Å². The van der Waals surface area contributed by atoms with Crippen molar-refractivity contribution in [3.8, 4) is 0 Å². The van der Waals surface area contributed by atoms with Crippen molar-refractivity contribution in [3.05, 3.63) is 71.3 Å². The van der Waals surface area contributed by atoms with Crippen molar-refractivity contribution in [2.24, 2.45) is 0 Å². The molecule has 2 heterocycles. The highest BCUT2D eigenvalue weighted by atomic mass is 16.8. The number of nitro benzene ring substituents is 1. The van der Waals surface area contributed by atoms with Crippen molar-refractivity contribution in [1.29, 1.82) is 0 Å². The molecule has 1 fully saturated rings. The van der Waals surface area contributed by atoms with E-state index in [0.717, 1.165) is 0 Å². The number of hydrogen-bond donors (Lipinski definition) is 0. The monoisotopic (exact) mass is 345 g/mol. The first kappa shape index (κ1) is 17.3. The highest BCUT2D eigenvalue weighted by Crippen LogP contribution is 2.36. The summed E-state index contributed by atoms with van der Waals surface area (Å²) in [6, 6.07) is 6.20. The second-order valence-electron chi connectivity index (χ2n) is 5.67. The van der Waals surface area contributed by atoms with Gasteiger partial charge in [-0.25, -0.2) is 4.98 Å². The van der Waals surface area contributed by atoms with E-state index in [1.54, 1.807) is 36.9 Å². The summed E-state index contributed by atoms with van der Waals surface area (Å²) in [5.74, 6) is -1.04. The highest BCUT2D eigenvalue weighted by molar-refractivity contribution is 5.35. The second-order valence-corrected chi connectivity index (χ2v) is 5.67. The number of ether oxygens (including phenoxy) is 3.